The standard InChI is InChI=1S/C29H41I/c1-3-5-7-9-11-15-21-29(22-16-12-10-8-6-4-2)27-18-14-13-17-25(27)26-20-19-24(30)23-28(26)29/h13-14,17-20,23H,3-12,15-16,21-22H2,1-2H3. The predicted octanol–water partition coefficient (Wildman–Crippen LogP) is 10.1. The average Bonchev–Trinajstić information content (AvgIpc) is 3.03. The number of hydrogen-bond acceptors (Lipinski definition) is 0. The highest BCUT2D eigenvalue weighted by molar-refractivity contribution is 14.1. The van der Waals surface area contributed by atoms with Crippen LogP contribution >= 0.6 is 22.6 Å². The molecule has 0 aliphatic heterocycles. The fourth-order valence-corrected chi connectivity index (χ4v) is 6.00. The van der Waals surface area contributed by atoms with Crippen molar-refractivity contribution in [2.75, 3.05) is 0 Å². The lowest BCUT2D eigenvalue weighted by Gasteiger charge is -2.33. The summed E-state index contributed by atoms with van der Waals surface area (Å²) in [4.78, 5) is 0. The molecule has 0 saturated carbocycles. The topological polar surface area (TPSA) is 0 Å². The minimum Gasteiger partial charge on any atom is -0.0654 e. The highest BCUT2D eigenvalue weighted by Gasteiger charge is 2.41. The Hall–Kier alpha value is -0.830. The Morgan fingerprint density at radius 3 is 1.77 bits per heavy atom. The molecule has 0 radical (unpaired) electrons. The normalized spacial score (nSPS) is 14.0. The summed E-state index contributed by atoms with van der Waals surface area (Å²) in [6.45, 7) is 4.62. The molecule has 1 heteroatoms. The smallest absolute Gasteiger partial charge is 0.0215 e. The van der Waals surface area contributed by atoms with Crippen LogP contribution in [0.2, 0.25) is 0 Å². The van der Waals surface area contributed by atoms with Gasteiger partial charge in [-0.3, -0.25) is 0 Å². The molecular weight excluding hydrogens is 475 g/mol. The summed E-state index contributed by atoms with van der Waals surface area (Å²) < 4.78 is 1.38. The van der Waals surface area contributed by atoms with Crippen molar-refractivity contribution in [1.29, 1.82) is 0 Å². The highest BCUT2D eigenvalue weighted by atomic mass is 127. The minimum atomic E-state index is 0.239. The van der Waals surface area contributed by atoms with E-state index in [1.807, 2.05) is 0 Å². The van der Waals surface area contributed by atoms with E-state index in [4.69, 9.17) is 0 Å². The van der Waals surface area contributed by atoms with Gasteiger partial charge in [-0.05, 0) is 69.8 Å². The maximum atomic E-state index is 2.51. The Balaban J connectivity index is 1.80. The van der Waals surface area contributed by atoms with E-state index < -0.39 is 0 Å². The quantitative estimate of drug-likeness (QED) is 0.173. The fraction of sp³-hybridized carbons (Fsp3) is 0.586. The maximum Gasteiger partial charge on any atom is 0.0215 e. The monoisotopic (exact) mass is 516 g/mol. The Morgan fingerprint density at radius 2 is 1.13 bits per heavy atom. The fourth-order valence-electron chi connectivity index (χ4n) is 5.51. The van der Waals surface area contributed by atoms with Crippen molar-refractivity contribution < 1.29 is 0 Å². The van der Waals surface area contributed by atoms with Crippen LogP contribution in [0.25, 0.3) is 11.1 Å². The van der Waals surface area contributed by atoms with Crippen molar-refractivity contribution in [2.45, 2.75) is 109 Å². The second kappa shape index (κ2) is 12.3. The molecule has 1 aliphatic rings. The largest absolute Gasteiger partial charge is 0.0654 e. The van der Waals surface area contributed by atoms with Crippen molar-refractivity contribution in [1.82, 2.24) is 0 Å². The molecule has 0 atom stereocenters. The van der Waals surface area contributed by atoms with E-state index in [2.05, 4.69) is 78.9 Å². The number of rotatable bonds is 14. The summed E-state index contributed by atoms with van der Waals surface area (Å²) >= 11 is 2.51. The minimum absolute atomic E-state index is 0.239. The number of fused-ring (bicyclic) bond motifs is 3. The molecule has 0 spiro atoms. The van der Waals surface area contributed by atoms with Crippen LogP contribution in [-0.2, 0) is 5.41 Å². The van der Waals surface area contributed by atoms with Crippen LogP contribution in [0, 0.1) is 3.57 Å². The molecule has 0 fully saturated rings. The molecule has 2 aromatic carbocycles. The molecule has 0 aromatic heterocycles. The first kappa shape index (κ1) is 23.8. The predicted molar refractivity (Wildman–Crippen MR) is 141 cm³/mol. The van der Waals surface area contributed by atoms with Crippen LogP contribution in [0.4, 0.5) is 0 Å². The second-order valence-corrected chi connectivity index (χ2v) is 10.6. The van der Waals surface area contributed by atoms with Gasteiger partial charge in [-0.25, -0.2) is 0 Å². The van der Waals surface area contributed by atoms with E-state index in [-0.39, 0.29) is 5.41 Å². The van der Waals surface area contributed by atoms with Gasteiger partial charge in [-0.15, -0.1) is 0 Å². The van der Waals surface area contributed by atoms with E-state index in [1.165, 1.54) is 105 Å². The lowest BCUT2D eigenvalue weighted by Crippen LogP contribution is -2.25. The number of halogens is 1. The first-order valence-corrected chi connectivity index (χ1v) is 13.7. The van der Waals surface area contributed by atoms with Gasteiger partial charge in [0.1, 0.15) is 0 Å². The first-order valence-electron chi connectivity index (χ1n) is 12.6. The van der Waals surface area contributed by atoms with Gasteiger partial charge in [0.05, 0.1) is 0 Å². The third kappa shape index (κ3) is 5.69. The molecule has 0 bridgehead atoms. The number of benzene rings is 2. The summed E-state index contributed by atoms with van der Waals surface area (Å²) in [7, 11) is 0. The molecule has 0 unspecified atom stereocenters. The lowest BCUT2D eigenvalue weighted by atomic mass is 9.70. The van der Waals surface area contributed by atoms with Crippen LogP contribution in [0.5, 0.6) is 0 Å². The van der Waals surface area contributed by atoms with E-state index in [0.29, 0.717) is 0 Å². The maximum absolute atomic E-state index is 2.51. The molecule has 1 aliphatic carbocycles. The summed E-state index contributed by atoms with van der Waals surface area (Å²) in [5.74, 6) is 0. The molecule has 164 valence electrons. The molecule has 0 amide bonds. The van der Waals surface area contributed by atoms with Crippen LogP contribution < -0.4 is 0 Å². The highest BCUT2D eigenvalue weighted by Crippen LogP contribution is 2.54. The summed E-state index contributed by atoms with van der Waals surface area (Å²) in [6, 6.07) is 16.5. The van der Waals surface area contributed by atoms with Crippen LogP contribution in [0.15, 0.2) is 42.5 Å². The Labute approximate surface area is 199 Å². The van der Waals surface area contributed by atoms with E-state index in [0.717, 1.165) is 0 Å². The zero-order valence-electron chi connectivity index (χ0n) is 19.3. The molecule has 2 aromatic rings. The van der Waals surface area contributed by atoms with Gasteiger partial charge in [0.25, 0.3) is 0 Å². The molecule has 30 heavy (non-hydrogen) atoms. The van der Waals surface area contributed by atoms with Gasteiger partial charge in [-0.2, -0.15) is 0 Å². The molecule has 3 rings (SSSR count). The zero-order valence-corrected chi connectivity index (χ0v) is 21.5. The Morgan fingerprint density at radius 1 is 0.600 bits per heavy atom. The summed E-state index contributed by atoms with van der Waals surface area (Å²) in [5.41, 5.74) is 6.48. The van der Waals surface area contributed by atoms with Gasteiger partial charge in [-0.1, -0.05) is 121 Å². The van der Waals surface area contributed by atoms with Crippen molar-refractivity contribution in [2.24, 2.45) is 0 Å². The Kier molecular flexibility index (Phi) is 9.74. The van der Waals surface area contributed by atoms with Gasteiger partial charge in [0.15, 0.2) is 0 Å². The number of unbranched alkanes of at least 4 members (excludes halogenated alkanes) is 10. The Bertz CT molecular complexity index is 760. The first-order chi connectivity index (χ1) is 14.7. The van der Waals surface area contributed by atoms with Crippen molar-refractivity contribution in [3.8, 4) is 11.1 Å². The molecular formula is C29H41I. The number of hydrogen-bond donors (Lipinski definition) is 0. The summed E-state index contributed by atoms with van der Waals surface area (Å²) in [5, 5.41) is 0. The average molecular weight is 517 g/mol. The van der Waals surface area contributed by atoms with E-state index in [1.54, 1.807) is 11.1 Å². The second-order valence-electron chi connectivity index (χ2n) is 9.35. The van der Waals surface area contributed by atoms with Crippen LogP contribution in [0.3, 0.4) is 0 Å². The summed E-state index contributed by atoms with van der Waals surface area (Å²) in [6.07, 6.45) is 19.2. The zero-order chi connectivity index (χ0) is 21.2. The third-order valence-electron chi connectivity index (χ3n) is 7.14. The van der Waals surface area contributed by atoms with Crippen molar-refractivity contribution >= 4 is 22.6 Å². The molecule has 0 nitrogen and oxygen atoms in total. The van der Waals surface area contributed by atoms with E-state index in [9.17, 15) is 0 Å². The van der Waals surface area contributed by atoms with Crippen LogP contribution in [-0.4, -0.2) is 0 Å². The van der Waals surface area contributed by atoms with Crippen molar-refractivity contribution in [3.05, 3.63) is 57.2 Å². The third-order valence-corrected chi connectivity index (χ3v) is 7.82. The van der Waals surface area contributed by atoms with E-state index >= 15 is 0 Å². The molecule has 0 saturated heterocycles. The van der Waals surface area contributed by atoms with Gasteiger partial charge >= 0.3 is 0 Å². The van der Waals surface area contributed by atoms with Crippen molar-refractivity contribution in [3.63, 3.8) is 0 Å². The molecule has 0 N–H and O–H groups in total. The SMILES string of the molecule is CCCCCCCCC1(CCCCCCCC)c2ccccc2-c2ccc(I)cc21. The van der Waals surface area contributed by atoms with Gasteiger partial charge in [0.2, 0.25) is 0 Å². The molecule has 0 heterocycles. The lowest BCUT2D eigenvalue weighted by molar-refractivity contribution is 0.397. The van der Waals surface area contributed by atoms with Crippen LogP contribution in [0.1, 0.15) is 115 Å². The van der Waals surface area contributed by atoms with Gasteiger partial charge < -0.3 is 0 Å². The van der Waals surface area contributed by atoms with Gasteiger partial charge in [0, 0.05) is 8.99 Å².